The second kappa shape index (κ2) is 11.8. The van der Waals surface area contributed by atoms with Gasteiger partial charge in [-0.15, -0.1) is 0 Å². The van der Waals surface area contributed by atoms with Crippen molar-refractivity contribution in [3.05, 3.63) is 211 Å². The molecule has 0 fully saturated rings. The van der Waals surface area contributed by atoms with Crippen molar-refractivity contribution in [2.75, 3.05) is 0 Å². The highest BCUT2D eigenvalue weighted by Gasteiger charge is 2.47. The Bertz CT molecular complexity index is 3130. The topological polar surface area (TPSA) is 57.4 Å². The SMILES string of the molecule is c1ccc2c(c1)C1CCC2C2=C1c1cc3[nH]c(cc4nc(cc5[nH]c(cc2n1)c1c5C2CCC1c1ccccc12)C1=C4C2CCC1c1ccccc12)c1c3C2CCC1c1ccccc12. The van der Waals surface area contributed by atoms with Crippen LogP contribution in [0.4, 0.5) is 0 Å². The number of hydrogen-bond acceptors (Lipinski definition) is 2. The van der Waals surface area contributed by atoms with Crippen molar-refractivity contribution < 1.29 is 0 Å². The van der Waals surface area contributed by atoms with E-state index in [9.17, 15) is 0 Å². The van der Waals surface area contributed by atoms with Crippen LogP contribution in [-0.2, 0) is 0 Å². The number of allylic oxidation sites excluding steroid dienone is 4. The fourth-order valence-corrected chi connectivity index (χ4v) is 16.2. The van der Waals surface area contributed by atoms with Gasteiger partial charge >= 0.3 is 0 Å². The molecule has 8 atom stereocenters. The molecule has 0 radical (unpaired) electrons. The van der Waals surface area contributed by atoms with Crippen LogP contribution in [0.25, 0.3) is 44.4 Å². The minimum absolute atomic E-state index is 0.356. The predicted molar refractivity (Wildman–Crippen MR) is 256 cm³/mol. The molecular weight excluding hydrogens is 777 g/mol. The van der Waals surface area contributed by atoms with Crippen LogP contribution in [0.1, 0.15) is 188 Å². The Hall–Kier alpha value is -6.52. The van der Waals surface area contributed by atoms with Crippen LogP contribution in [0.15, 0.2) is 121 Å². The van der Waals surface area contributed by atoms with Gasteiger partial charge in [0.2, 0.25) is 0 Å². The minimum Gasteiger partial charge on any atom is -0.355 e. The van der Waals surface area contributed by atoms with Crippen molar-refractivity contribution in [1.82, 2.24) is 19.9 Å². The summed E-state index contributed by atoms with van der Waals surface area (Å²) in [6, 6.07) is 47.4. The Balaban J connectivity index is 1.03. The lowest BCUT2D eigenvalue weighted by Crippen LogP contribution is -2.24. The lowest BCUT2D eigenvalue weighted by Gasteiger charge is -2.40. The summed E-state index contributed by atoms with van der Waals surface area (Å²) in [7, 11) is 0. The third-order valence-corrected chi connectivity index (χ3v) is 18.3. The van der Waals surface area contributed by atoms with E-state index in [4.69, 9.17) is 9.97 Å². The Kier molecular flexibility index (Phi) is 6.25. The Morgan fingerprint density at radius 3 is 0.719 bits per heavy atom. The highest BCUT2D eigenvalue weighted by Crippen LogP contribution is 2.64. The van der Waals surface area contributed by atoms with Crippen molar-refractivity contribution in [3.8, 4) is 0 Å². The molecule has 64 heavy (non-hydrogen) atoms. The Morgan fingerprint density at radius 2 is 0.484 bits per heavy atom. The summed E-state index contributed by atoms with van der Waals surface area (Å²) in [5.41, 5.74) is 33.8. The summed E-state index contributed by atoms with van der Waals surface area (Å²) in [5.74, 6) is 2.89. The molecule has 21 rings (SSSR count). The third-order valence-electron chi connectivity index (χ3n) is 18.3. The molecule has 2 N–H and O–H groups in total. The van der Waals surface area contributed by atoms with E-state index >= 15 is 0 Å². The third kappa shape index (κ3) is 4.06. The molecule has 306 valence electrons. The summed E-state index contributed by atoms with van der Waals surface area (Å²) >= 11 is 0. The van der Waals surface area contributed by atoms with Gasteiger partial charge in [-0.25, -0.2) is 9.97 Å². The Labute approximate surface area is 372 Å². The maximum atomic E-state index is 5.86. The smallest absolute Gasteiger partial charge is 0.0699 e. The van der Waals surface area contributed by atoms with E-state index in [0.717, 1.165) is 0 Å². The first-order chi connectivity index (χ1) is 31.7. The summed E-state index contributed by atoms with van der Waals surface area (Å²) in [6.07, 6.45) is 9.46. The summed E-state index contributed by atoms with van der Waals surface area (Å²) < 4.78 is 0. The zero-order valence-corrected chi connectivity index (χ0v) is 35.7. The second-order valence-electron chi connectivity index (χ2n) is 20.8. The molecule has 4 heteroatoms. The molecule has 2 aliphatic heterocycles. The lowest BCUT2D eigenvalue weighted by molar-refractivity contribution is 0.527. The van der Waals surface area contributed by atoms with Gasteiger partial charge < -0.3 is 9.97 Å². The quantitative estimate of drug-likeness (QED) is 0.160. The van der Waals surface area contributed by atoms with Gasteiger partial charge in [-0.05, 0) is 165 Å². The van der Waals surface area contributed by atoms with Gasteiger partial charge in [-0.2, -0.15) is 0 Å². The van der Waals surface area contributed by atoms with Gasteiger partial charge in [0.05, 0.1) is 22.8 Å². The number of rotatable bonds is 0. The fourth-order valence-electron chi connectivity index (χ4n) is 16.2. The van der Waals surface area contributed by atoms with Gasteiger partial charge in [-0.3, -0.25) is 0 Å². The van der Waals surface area contributed by atoms with E-state index in [1.807, 2.05) is 0 Å². The molecule has 3 aromatic heterocycles. The van der Waals surface area contributed by atoms with E-state index in [-0.39, 0.29) is 0 Å². The molecule has 7 aromatic rings. The molecule has 16 bridgehead atoms. The van der Waals surface area contributed by atoms with E-state index < -0.39 is 0 Å². The summed E-state index contributed by atoms with van der Waals surface area (Å²) in [4.78, 5) is 20.1. The highest BCUT2D eigenvalue weighted by atomic mass is 14.8. The molecule has 0 amide bonds. The van der Waals surface area contributed by atoms with Gasteiger partial charge in [-0.1, -0.05) is 97.1 Å². The Morgan fingerprint density at radius 1 is 0.281 bits per heavy atom. The van der Waals surface area contributed by atoms with Crippen molar-refractivity contribution >= 4 is 44.4 Å². The predicted octanol–water partition coefficient (Wildman–Crippen LogP) is 14.2. The van der Waals surface area contributed by atoms with Crippen molar-refractivity contribution in [2.45, 2.75) is 98.7 Å². The maximum Gasteiger partial charge on any atom is 0.0699 e. The van der Waals surface area contributed by atoms with Gasteiger partial charge in [0.25, 0.3) is 0 Å². The van der Waals surface area contributed by atoms with Crippen LogP contribution in [0.3, 0.4) is 0 Å². The number of fused-ring (bicyclic) bond motifs is 12. The molecule has 8 unspecified atom stereocenters. The second-order valence-corrected chi connectivity index (χ2v) is 20.8. The number of nitrogens with one attached hydrogen (secondary N) is 2. The van der Waals surface area contributed by atoms with Crippen LogP contribution in [-0.4, -0.2) is 19.9 Å². The molecule has 4 nitrogen and oxygen atoms in total. The van der Waals surface area contributed by atoms with E-state index in [1.165, 1.54) is 185 Å². The highest BCUT2D eigenvalue weighted by molar-refractivity contribution is 6.04. The van der Waals surface area contributed by atoms with Crippen LogP contribution < -0.4 is 0 Å². The van der Waals surface area contributed by atoms with Crippen LogP contribution in [0.5, 0.6) is 0 Å². The number of benzene rings is 4. The van der Waals surface area contributed by atoms with Gasteiger partial charge in [0, 0.05) is 69.4 Å². The number of aromatic nitrogens is 4. The lowest BCUT2D eigenvalue weighted by atomic mass is 9.62. The maximum absolute atomic E-state index is 5.86. The first-order valence-electron chi connectivity index (χ1n) is 24.4. The number of hydrogen-bond donors (Lipinski definition) is 2. The average molecular weight is 823 g/mol. The molecule has 0 saturated heterocycles. The van der Waals surface area contributed by atoms with Crippen LogP contribution >= 0.6 is 0 Å². The van der Waals surface area contributed by atoms with Crippen molar-refractivity contribution in [1.29, 1.82) is 0 Å². The van der Waals surface area contributed by atoms with Crippen LogP contribution in [0, 0.1) is 0 Å². The van der Waals surface area contributed by atoms with E-state index in [0.29, 0.717) is 47.3 Å². The monoisotopic (exact) mass is 822 g/mol. The fraction of sp³-hybridized carbons (Fsp3) is 0.267. The van der Waals surface area contributed by atoms with E-state index in [2.05, 4.69) is 131 Å². The number of aromatic amines is 2. The average Bonchev–Trinajstić information content (AvgIpc) is 4.13. The first-order valence-corrected chi connectivity index (χ1v) is 24.4. The van der Waals surface area contributed by atoms with Crippen molar-refractivity contribution in [3.63, 3.8) is 0 Å². The van der Waals surface area contributed by atoms with Gasteiger partial charge in [0.1, 0.15) is 0 Å². The molecule has 14 aliphatic rings. The molecule has 0 spiro atoms. The zero-order chi connectivity index (χ0) is 41.1. The largest absolute Gasteiger partial charge is 0.355 e. The molecule has 5 heterocycles. The normalized spacial score (nSPS) is 27.4. The minimum atomic E-state index is 0.356. The summed E-state index contributed by atoms with van der Waals surface area (Å²) in [6.45, 7) is 0. The molecular formula is C60H46N4. The summed E-state index contributed by atoms with van der Waals surface area (Å²) in [5, 5.41) is 0. The van der Waals surface area contributed by atoms with Crippen LogP contribution in [0.2, 0.25) is 0 Å². The zero-order valence-electron chi connectivity index (χ0n) is 35.7. The van der Waals surface area contributed by atoms with Crippen molar-refractivity contribution in [2.24, 2.45) is 0 Å². The molecule has 0 saturated carbocycles. The molecule has 12 aliphatic carbocycles. The standard InChI is InChI=1S/C60H46N4/c1-2-10-30-29(9-1)37-17-18-38(30)54-46-26-48-56-40-21-22-42(34-14-6-5-13-33(34)40)58(56)50(63-48)28-52-60-44-24-23-43(35-15-7-8-16-36(35)44)59(60)51(64-52)27-49-57-41-20-19-39(31-11-3-4-12-32(31)41)55(57)47(62-49)25-45(61-46)53(37)54/h1-16,25-28,37-44,61,64H,17-24H2. The number of H-pyrrole nitrogens is 2. The number of nitrogens with zero attached hydrogens (tertiary/aromatic N) is 2. The van der Waals surface area contributed by atoms with E-state index in [1.54, 1.807) is 0 Å². The first kappa shape index (κ1) is 34.0. The van der Waals surface area contributed by atoms with Gasteiger partial charge in [0.15, 0.2) is 0 Å². The molecule has 4 aromatic carbocycles.